The van der Waals surface area contributed by atoms with Gasteiger partial charge in [0.2, 0.25) is 5.91 Å². The number of aliphatic hydroxyl groups is 1. The van der Waals surface area contributed by atoms with Gasteiger partial charge in [0.15, 0.2) is 0 Å². The summed E-state index contributed by atoms with van der Waals surface area (Å²) in [5.41, 5.74) is 0. The molecule has 0 fully saturated rings. The second-order valence-corrected chi connectivity index (χ2v) is 3.92. The van der Waals surface area contributed by atoms with Crippen LogP contribution in [0.4, 0.5) is 0 Å². The van der Waals surface area contributed by atoms with Crippen molar-refractivity contribution < 1.29 is 14.3 Å². The van der Waals surface area contributed by atoms with Crippen LogP contribution in [-0.4, -0.2) is 23.6 Å². The van der Waals surface area contributed by atoms with E-state index in [1.165, 1.54) is 0 Å². The summed E-state index contributed by atoms with van der Waals surface area (Å²) in [6, 6.07) is 3.25. The summed E-state index contributed by atoms with van der Waals surface area (Å²) in [6.07, 6.45) is 0.927. The van der Waals surface area contributed by atoms with Gasteiger partial charge in [0.05, 0.1) is 12.6 Å². The van der Waals surface area contributed by atoms with Crippen LogP contribution in [0.3, 0.4) is 0 Å². The first-order valence-electron chi connectivity index (χ1n) is 5.87. The first-order chi connectivity index (χ1) is 8.17. The van der Waals surface area contributed by atoms with Gasteiger partial charge in [0.1, 0.15) is 18.1 Å². The lowest BCUT2D eigenvalue weighted by Crippen LogP contribution is -2.41. The first-order valence-corrected chi connectivity index (χ1v) is 5.87. The molecule has 1 heterocycles. The monoisotopic (exact) mass is 240 g/mol. The molecule has 17 heavy (non-hydrogen) atoms. The largest absolute Gasteiger partial charge is 0.462 e. The van der Waals surface area contributed by atoms with E-state index >= 15 is 0 Å². The molecule has 0 saturated heterocycles. The Balaban J connectivity index is 2.31. The molecule has 1 unspecified atom stereocenters. The topological polar surface area (TPSA) is 74.5 Å². The summed E-state index contributed by atoms with van der Waals surface area (Å²) in [4.78, 5) is 11.5. The zero-order chi connectivity index (χ0) is 12.7. The molecule has 3 N–H and O–H groups in total. The van der Waals surface area contributed by atoms with E-state index in [4.69, 9.17) is 9.52 Å². The highest BCUT2D eigenvalue weighted by molar-refractivity contribution is 5.81. The fourth-order valence-corrected chi connectivity index (χ4v) is 1.35. The normalized spacial score (nSPS) is 12.4. The first kappa shape index (κ1) is 13.7. The third-order valence-corrected chi connectivity index (χ3v) is 2.40. The highest BCUT2D eigenvalue weighted by Crippen LogP contribution is 2.07. The van der Waals surface area contributed by atoms with Crippen LogP contribution < -0.4 is 10.6 Å². The maximum absolute atomic E-state index is 11.5. The van der Waals surface area contributed by atoms with Crippen LogP contribution in [0.25, 0.3) is 0 Å². The lowest BCUT2D eigenvalue weighted by atomic mass is 10.3. The van der Waals surface area contributed by atoms with Crippen molar-refractivity contribution >= 4 is 5.91 Å². The molecule has 96 valence electrons. The Kier molecular flexibility index (Phi) is 5.72. The number of furan rings is 1. The molecule has 0 aliphatic carbocycles. The molecule has 1 atom stereocenters. The van der Waals surface area contributed by atoms with Crippen LogP contribution in [0.5, 0.6) is 0 Å². The summed E-state index contributed by atoms with van der Waals surface area (Å²) in [6.45, 7) is 4.88. The van der Waals surface area contributed by atoms with Gasteiger partial charge in [-0.3, -0.25) is 10.1 Å². The molecule has 1 amide bonds. The van der Waals surface area contributed by atoms with Crippen molar-refractivity contribution in [2.24, 2.45) is 0 Å². The summed E-state index contributed by atoms with van der Waals surface area (Å²) in [5, 5.41) is 14.7. The van der Waals surface area contributed by atoms with E-state index in [0.29, 0.717) is 24.6 Å². The van der Waals surface area contributed by atoms with Gasteiger partial charge in [0, 0.05) is 6.54 Å². The van der Waals surface area contributed by atoms with E-state index in [-0.39, 0.29) is 18.6 Å². The highest BCUT2D eigenvalue weighted by atomic mass is 16.4. The summed E-state index contributed by atoms with van der Waals surface area (Å²) in [5.74, 6) is 1.23. The lowest BCUT2D eigenvalue weighted by Gasteiger charge is -2.12. The zero-order valence-electron chi connectivity index (χ0n) is 10.3. The average molecular weight is 240 g/mol. The Hall–Kier alpha value is -1.33. The van der Waals surface area contributed by atoms with Crippen molar-refractivity contribution in [2.45, 2.75) is 39.5 Å². The molecule has 5 nitrogen and oxygen atoms in total. The van der Waals surface area contributed by atoms with E-state index in [9.17, 15) is 4.79 Å². The minimum atomic E-state index is -0.260. The molecule has 1 rings (SSSR count). The molecule has 0 bridgehead atoms. The standard InChI is InChI=1S/C12H20N2O3/c1-3-6-13-12(16)9(2)14-7-10-4-5-11(8-15)17-10/h4-5,9,14-15H,3,6-8H2,1-2H3,(H,13,16). The van der Waals surface area contributed by atoms with Gasteiger partial charge in [-0.25, -0.2) is 0 Å². The minimum Gasteiger partial charge on any atom is -0.462 e. The van der Waals surface area contributed by atoms with Crippen molar-refractivity contribution in [3.63, 3.8) is 0 Å². The Morgan fingerprint density at radius 3 is 2.76 bits per heavy atom. The van der Waals surface area contributed by atoms with E-state index in [1.807, 2.05) is 6.92 Å². The maximum Gasteiger partial charge on any atom is 0.236 e. The second kappa shape index (κ2) is 7.09. The van der Waals surface area contributed by atoms with Gasteiger partial charge in [-0.2, -0.15) is 0 Å². The Morgan fingerprint density at radius 2 is 2.18 bits per heavy atom. The number of hydrogen-bond donors (Lipinski definition) is 3. The molecule has 0 radical (unpaired) electrons. The van der Waals surface area contributed by atoms with Gasteiger partial charge < -0.3 is 14.8 Å². The van der Waals surface area contributed by atoms with Crippen LogP contribution >= 0.6 is 0 Å². The molecular formula is C12H20N2O3. The van der Waals surface area contributed by atoms with Crippen molar-refractivity contribution in [3.8, 4) is 0 Å². The second-order valence-electron chi connectivity index (χ2n) is 3.92. The van der Waals surface area contributed by atoms with Gasteiger partial charge in [-0.1, -0.05) is 6.92 Å². The lowest BCUT2D eigenvalue weighted by molar-refractivity contribution is -0.122. The molecule has 0 saturated carbocycles. The number of rotatable bonds is 7. The van der Waals surface area contributed by atoms with E-state index in [0.717, 1.165) is 6.42 Å². The van der Waals surface area contributed by atoms with E-state index in [2.05, 4.69) is 10.6 Å². The number of amides is 1. The Bertz CT molecular complexity index is 349. The Morgan fingerprint density at radius 1 is 1.47 bits per heavy atom. The predicted octanol–water partition coefficient (Wildman–Crippen LogP) is 0.776. The summed E-state index contributed by atoms with van der Waals surface area (Å²) < 4.78 is 5.30. The van der Waals surface area contributed by atoms with Gasteiger partial charge in [0.25, 0.3) is 0 Å². The number of nitrogens with one attached hydrogen (secondary N) is 2. The highest BCUT2D eigenvalue weighted by Gasteiger charge is 2.11. The van der Waals surface area contributed by atoms with Crippen LogP contribution in [0.1, 0.15) is 31.8 Å². The molecule has 1 aromatic heterocycles. The number of aliphatic hydroxyl groups excluding tert-OH is 1. The third kappa shape index (κ3) is 4.58. The van der Waals surface area contributed by atoms with Crippen molar-refractivity contribution in [2.75, 3.05) is 6.54 Å². The minimum absolute atomic E-state index is 0.0132. The molecule has 0 spiro atoms. The predicted molar refractivity (Wildman–Crippen MR) is 64.2 cm³/mol. The van der Waals surface area contributed by atoms with Gasteiger partial charge in [-0.05, 0) is 25.5 Å². The maximum atomic E-state index is 11.5. The molecule has 0 aliphatic rings. The smallest absolute Gasteiger partial charge is 0.236 e. The van der Waals surface area contributed by atoms with Crippen molar-refractivity contribution in [1.29, 1.82) is 0 Å². The Labute approximate surface area is 101 Å². The van der Waals surface area contributed by atoms with Crippen LogP contribution in [-0.2, 0) is 17.9 Å². The zero-order valence-corrected chi connectivity index (χ0v) is 10.3. The van der Waals surface area contributed by atoms with Crippen LogP contribution in [0.2, 0.25) is 0 Å². The fourth-order valence-electron chi connectivity index (χ4n) is 1.35. The van der Waals surface area contributed by atoms with E-state index < -0.39 is 0 Å². The van der Waals surface area contributed by atoms with E-state index in [1.54, 1.807) is 19.1 Å². The SMILES string of the molecule is CCCNC(=O)C(C)NCc1ccc(CO)o1. The number of hydrogen-bond acceptors (Lipinski definition) is 4. The van der Waals surface area contributed by atoms with Crippen LogP contribution in [0.15, 0.2) is 16.5 Å². The molecule has 1 aromatic rings. The fraction of sp³-hybridized carbons (Fsp3) is 0.583. The average Bonchev–Trinajstić information content (AvgIpc) is 2.80. The summed E-state index contributed by atoms with van der Waals surface area (Å²) in [7, 11) is 0. The van der Waals surface area contributed by atoms with Crippen molar-refractivity contribution in [1.82, 2.24) is 10.6 Å². The molecular weight excluding hydrogens is 220 g/mol. The molecule has 0 aliphatic heterocycles. The van der Waals surface area contributed by atoms with Crippen molar-refractivity contribution in [3.05, 3.63) is 23.7 Å². The summed E-state index contributed by atoms with van der Waals surface area (Å²) >= 11 is 0. The number of carbonyl (C=O) groups is 1. The van der Waals surface area contributed by atoms with Crippen LogP contribution in [0, 0.1) is 0 Å². The molecule has 0 aromatic carbocycles. The number of carbonyl (C=O) groups excluding carboxylic acids is 1. The third-order valence-electron chi connectivity index (χ3n) is 2.40. The quantitative estimate of drug-likeness (QED) is 0.658. The van der Waals surface area contributed by atoms with Gasteiger partial charge >= 0.3 is 0 Å². The van der Waals surface area contributed by atoms with Gasteiger partial charge in [-0.15, -0.1) is 0 Å². The molecule has 5 heteroatoms.